The van der Waals surface area contributed by atoms with Crippen LogP contribution in [-0.2, 0) is 19.1 Å². The van der Waals surface area contributed by atoms with Crippen LogP contribution in [0, 0.1) is 11.8 Å². The quantitative estimate of drug-likeness (QED) is 0.343. The third-order valence-corrected chi connectivity index (χ3v) is 6.61. The maximum atomic E-state index is 12.5. The molecule has 0 aromatic rings. The smallest absolute Gasteiger partial charge is 0.309 e. The van der Waals surface area contributed by atoms with Crippen molar-refractivity contribution in [2.75, 3.05) is 19.6 Å². The van der Waals surface area contributed by atoms with Crippen LogP contribution < -0.4 is 0 Å². The zero-order valence-electron chi connectivity index (χ0n) is 21.4. The highest BCUT2D eigenvalue weighted by Gasteiger charge is 2.35. The Bertz CT molecular complexity index is 765. The van der Waals surface area contributed by atoms with Gasteiger partial charge in [-0.25, -0.2) is 0 Å². The number of hydrogen-bond acceptors (Lipinski definition) is 7. The summed E-state index contributed by atoms with van der Waals surface area (Å²) in [5, 5.41) is 21.2. The van der Waals surface area contributed by atoms with E-state index in [1.165, 1.54) is 32.9 Å². The minimum atomic E-state index is -1.37. The van der Waals surface area contributed by atoms with E-state index < -0.39 is 35.9 Å². The van der Waals surface area contributed by atoms with Crippen LogP contribution in [-0.4, -0.2) is 70.6 Å². The molecule has 0 amide bonds. The van der Waals surface area contributed by atoms with Gasteiger partial charge in [-0.1, -0.05) is 38.2 Å². The number of ether oxygens (including phenoxy) is 2. The molecule has 7 nitrogen and oxygen atoms in total. The Labute approximate surface area is 204 Å². The predicted octanol–water partition coefficient (Wildman–Crippen LogP) is 3.55. The fourth-order valence-electron chi connectivity index (χ4n) is 4.55. The zero-order valence-corrected chi connectivity index (χ0v) is 21.4. The molecular formula is C27H43NO6. The third kappa shape index (κ3) is 9.35. The molecule has 0 aromatic carbocycles. The second kappa shape index (κ2) is 13.2. The Kier molecular flexibility index (Phi) is 11.0. The molecular weight excluding hydrogens is 434 g/mol. The molecule has 0 unspecified atom stereocenters. The monoisotopic (exact) mass is 477 g/mol. The molecule has 0 saturated carbocycles. The van der Waals surface area contributed by atoms with Crippen LogP contribution in [0.5, 0.6) is 0 Å². The number of aliphatic hydroxyl groups is 2. The van der Waals surface area contributed by atoms with Gasteiger partial charge in [-0.05, 0) is 70.2 Å². The van der Waals surface area contributed by atoms with Crippen LogP contribution in [0.15, 0.2) is 36.0 Å². The van der Waals surface area contributed by atoms with Gasteiger partial charge in [0.1, 0.15) is 17.8 Å². The number of nitrogens with zero attached hydrogens (tertiary/aromatic N) is 1. The first kappa shape index (κ1) is 28.3. The minimum Gasteiger partial charge on any atom is -0.457 e. The maximum absolute atomic E-state index is 12.5. The molecule has 2 aliphatic heterocycles. The van der Waals surface area contributed by atoms with E-state index in [9.17, 15) is 19.8 Å². The number of esters is 2. The Morgan fingerprint density at radius 2 is 2.00 bits per heavy atom. The van der Waals surface area contributed by atoms with Gasteiger partial charge in [-0.2, -0.15) is 0 Å². The number of carbonyl (C=O) groups is 2. The van der Waals surface area contributed by atoms with Crippen molar-refractivity contribution in [2.45, 2.75) is 90.6 Å². The van der Waals surface area contributed by atoms with Crippen LogP contribution in [0.25, 0.3) is 0 Å². The Balaban J connectivity index is 2.20. The van der Waals surface area contributed by atoms with Gasteiger partial charge in [0.05, 0.1) is 12.5 Å². The largest absolute Gasteiger partial charge is 0.457 e. The van der Waals surface area contributed by atoms with Crippen molar-refractivity contribution in [3.8, 4) is 0 Å². The lowest BCUT2D eigenvalue weighted by Gasteiger charge is -2.32. The third-order valence-electron chi connectivity index (χ3n) is 6.61. The van der Waals surface area contributed by atoms with E-state index in [1.807, 2.05) is 32.1 Å². The molecule has 192 valence electrons. The van der Waals surface area contributed by atoms with Crippen molar-refractivity contribution in [2.24, 2.45) is 11.8 Å². The summed E-state index contributed by atoms with van der Waals surface area (Å²) >= 11 is 0. The summed E-state index contributed by atoms with van der Waals surface area (Å²) in [4.78, 5) is 26.6. The van der Waals surface area contributed by atoms with Gasteiger partial charge >= 0.3 is 11.9 Å². The number of likely N-dealkylation sites (tertiary alicyclic amines) is 1. The molecule has 2 rings (SSSR count). The van der Waals surface area contributed by atoms with Gasteiger partial charge in [-0.15, -0.1) is 0 Å². The summed E-state index contributed by atoms with van der Waals surface area (Å²) in [7, 11) is 0. The molecule has 1 fully saturated rings. The van der Waals surface area contributed by atoms with Crippen molar-refractivity contribution >= 4 is 11.9 Å². The number of allylic oxidation sites excluding steroid dienone is 2. The fourth-order valence-corrected chi connectivity index (χ4v) is 4.55. The Morgan fingerprint density at radius 1 is 1.32 bits per heavy atom. The van der Waals surface area contributed by atoms with Gasteiger partial charge in [0.15, 0.2) is 0 Å². The summed E-state index contributed by atoms with van der Waals surface area (Å²) in [6.45, 7) is 12.3. The van der Waals surface area contributed by atoms with E-state index in [0.717, 1.165) is 12.1 Å². The lowest BCUT2D eigenvalue weighted by atomic mass is 9.88. The van der Waals surface area contributed by atoms with Crippen LogP contribution in [0.1, 0.15) is 66.7 Å². The summed E-state index contributed by atoms with van der Waals surface area (Å²) in [5.74, 6) is -0.794. The topological polar surface area (TPSA) is 96.3 Å². The van der Waals surface area contributed by atoms with Gasteiger partial charge in [0.25, 0.3) is 0 Å². The molecule has 0 bridgehead atoms. The Hall–Kier alpha value is -1.96. The maximum Gasteiger partial charge on any atom is 0.309 e. The summed E-state index contributed by atoms with van der Waals surface area (Å²) in [6, 6.07) is 0. The van der Waals surface area contributed by atoms with Crippen LogP contribution in [0.2, 0.25) is 0 Å². The zero-order chi connectivity index (χ0) is 25.3. The fraction of sp³-hybridized carbons (Fsp3) is 0.704. The minimum absolute atomic E-state index is 0.156. The highest BCUT2D eigenvalue weighted by atomic mass is 16.6. The first-order valence-corrected chi connectivity index (χ1v) is 12.5. The number of carbonyl (C=O) groups excluding carboxylic acids is 2. The van der Waals surface area contributed by atoms with E-state index in [-0.39, 0.29) is 25.2 Å². The van der Waals surface area contributed by atoms with Gasteiger partial charge < -0.3 is 24.6 Å². The van der Waals surface area contributed by atoms with E-state index >= 15 is 0 Å². The molecule has 0 aliphatic carbocycles. The highest BCUT2D eigenvalue weighted by molar-refractivity contribution is 5.70. The van der Waals surface area contributed by atoms with Crippen molar-refractivity contribution in [3.63, 3.8) is 0 Å². The molecule has 34 heavy (non-hydrogen) atoms. The van der Waals surface area contributed by atoms with E-state index in [1.54, 1.807) is 13.0 Å². The van der Waals surface area contributed by atoms with Crippen molar-refractivity contribution in [1.29, 1.82) is 0 Å². The normalized spacial score (nSPS) is 34.2. The SMILES string of the molecule is CC(=O)O[C@H]1/C=C/[C@H](C)[C@@H](/C(C)=C/C=C/[C@@H](C)CN2CCCC2)OC(=O)C[C@@H](O)CC[C@]1(C)O. The van der Waals surface area contributed by atoms with Crippen LogP contribution >= 0.6 is 0 Å². The Morgan fingerprint density at radius 3 is 2.65 bits per heavy atom. The summed E-state index contributed by atoms with van der Waals surface area (Å²) in [5.41, 5.74) is -0.502. The second-order valence-electron chi connectivity index (χ2n) is 10.2. The highest BCUT2D eigenvalue weighted by Crippen LogP contribution is 2.27. The van der Waals surface area contributed by atoms with E-state index in [4.69, 9.17) is 9.47 Å². The molecule has 2 aliphatic rings. The van der Waals surface area contributed by atoms with Crippen LogP contribution in [0.3, 0.4) is 0 Å². The molecule has 2 N–H and O–H groups in total. The van der Waals surface area contributed by atoms with E-state index in [2.05, 4.69) is 17.9 Å². The molecule has 1 saturated heterocycles. The second-order valence-corrected chi connectivity index (χ2v) is 10.2. The standard InChI is InChI=1S/C27H43NO6/c1-19(18-28-15-6-7-16-28)9-8-10-20(2)26-21(3)11-12-24(33-22(4)29)27(5,32)14-13-23(30)17-25(31)34-26/h8-12,19,21,23-24,26,30,32H,6-7,13-18H2,1-5H3/b9-8+,12-11+,20-10+/t19-,21+,23+,24+,26-,27+/m1/s1. The van der Waals surface area contributed by atoms with Crippen molar-refractivity contribution in [3.05, 3.63) is 36.0 Å². The molecule has 0 radical (unpaired) electrons. The van der Waals surface area contributed by atoms with Gasteiger partial charge in [0.2, 0.25) is 0 Å². The van der Waals surface area contributed by atoms with Crippen molar-refractivity contribution in [1.82, 2.24) is 4.90 Å². The molecule has 6 atom stereocenters. The van der Waals surface area contributed by atoms with Gasteiger partial charge in [0, 0.05) is 19.4 Å². The lowest BCUT2D eigenvalue weighted by Crippen LogP contribution is -2.42. The summed E-state index contributed by atoms with van der Waals surface area (Å²) < 4.78 is 11.1. The first-order chi connectivity index (χ1) is 16.0. The number of hydrogen-bond donors (Lipinski definition) is 2. The van der Waals surface area contributed by atoms with Gasteiger partial charge in [-0.3, -0.25) is 9.59 Å². The molecule has 2 heterocycles. The summed E-state index contributed by atoms with van der Waals surface area (Å²) in [6.07, 6.45) is 9.98. The van der Waals surface area contributed by atoms with E-state index in [0.29, 0.717) is 5.92 Å². The average molecular weight is 478 g/mol. The number of rotatable bonds is 6. The van der Waals surface area contributed by atoms with Crippen molar-refractivity contribution < 1.29 is 29.3 Å². The molecule has 7 heteroatoms. The lowest BCUT2D eigenvalue weighted by molar-refractivity contribution is -0.157. The molecule has 0 spiro atoms. The number of aliphatic hydroxyl groups excluding tert-OH is 1. The predicted molar refractivity (Wildman–Crippen MR) is 132 cm³/mol. The number of cyclic esters (lactones) is 1. The molecule has 0 aromatic heterocycles. The average Bonchev–Trinajstić information content (AvgIpc) is 3.25. The first-order valence-electron chi connectivity index (χ1n) is 12.5. The van der Waals surface area contributed by atoms with Crippen LogP contribution in [0.4, 0.5) is 0 Å².